The quantitative estimate of drug-likeness (QED) is 0.224. The van der Waals surface area contributed by atoms with Crippen LogP contribution >= 0.6 is 0 Å². The van der Waals surface area contributed by atoms with Crippen LogP contribution in [-0.4, -0.2) is 80.1 Å². The molecular formula is C35H41N5O6. The lowest BCUT2D eigenvalue weighted by Gasteiger charge is -2.50. The van der Waals surface area contributed by atoms with E-state index < -0.39 is 29.6 Å². The van der Waals surface area contributed by atoms with Gasteiger partial charge in [0.2, 0.25) is 11.8 Å². The molecule has 0 aliphatic carbocycles. The molecule has 11 heteroatoms. The van der Waals surface area contributed by atoms with Crippen LogP contribution in [0.25, 0.3) is 0 Å². The Balaban J connectivity index is 1.38. The number of methoxy groups -OCH3 is 1. The molecule has 0 radical (unpaired) electrons. The molecule has 2 fully saturated rings. The Bertz CT molecular complexity index is 1530. The highest BCUT2D eigenvalue weighted by Gasteiger charge is 2.51. The lowest BCUT2D eigenvalue weighted by molar-refractivity contribution is -0.187. The topological polar surface area (TPSA) is 138 Å². The molecule has 3 amide bonds. The van der Waals surface area contributed by atoms with Crippen molar-refractivity contribution in [2.75, 3.05) is 33.4 Å². The van der Waals surface area contributed by atoms with Crippen LogP contribution in [0.15, 0.2) is 78.9 Å². The van der Waals surface area contributed by atoms with Gasteiger partial charge in [-0.05, 0) is 48.7 Å². The molecule has 2 aliphatic rings. The number of amides is 3. The molecule has 0 bridgehead atoms. The van der Waals surface area contributed by atoms with Crippen LogP contribution in [0.4, 0.5) is 0 Å². The van der Waals surface area contributed by atoms with Crippen LogP contribution in [-0.2, 0) is 31.1 Å². The van der Waals surface area contributed by atoms with Gasteiger partial charge in [0.25, 0.3) is 5.91 Å². The van der Waals surface area contributed by atoms with Crippen molar-refractivity contribution < 1.29 is 28.7 Å². The summed E-state index contributed by atoms with van der Waals surface area (Å²) >= 11 is 0. The molecule has 3 atom stereocenters. The number of aryl methyl sites for hydroxylation is 1. The van der Waals surface area contributed by atoms with Crippen molar-refractivity contribution in [2.45, 2.75) is 50.4 Å². The summed E-state index contributed by atoms with van der Waals surface area (Å²) in [6.45, 7) is 4.84. The minimum Gasteiger partial charge on any atom is -0.497 e. The zero-order chi connectivity index (χ0) is 32.7. The number of hydrogen-bond acceptors (Lipinski definition) is 8. The van der Waals surface area contributed by atoms with Crippen LogP contribution in [0.3, 0.4) is 0 Å². The second-order valence-corrected chi connectivity index (χ2v) is 11.9. The SMILES string of the molecule is COc1ccc(C[C@H](NC(=O)[C@H](CC2CNCN2)NC(=O)c2ccccc2)C(=O)N2CC(OC(C)=O)(c3ccccc3C)C2)cc1. The van der Waals surface area contributed by atoms with Crippen molar-refractivity contribution in [3.05, 3.63) is 101 Å². The highest BCUT2D eigenvalue weighted by molar-refractivity contribution is 5.98. The maximum atomic E-state index is 14.1. The summed E-state index contributed by atoms with van der Waals surface area (Å²) in [4.78, 5) is 55.0. The Morgan fingerprint density at radius 2 is 1.63 bits per heavy atom. The van der Waals surface area contributed by atoms with Gasteiger partial charge >= 0.3 is 5.97 Å². The first kappa shape index (κ1) is 32.6. The number of rotatable bonds is 12. The summed E-state index contributed by atoms with van der Waals surface area (Å²) in [5.74, 6) is -0.920. The first-order valence-corrected chi connectivity index (χ1v) is 15.5. The van der Waals surface area contributed by atoms with Gasteiger partial charge in [0, 0.05) is 43.7 Å². The molecule has 2 aliphatic heterocycles. The van der Waals surface area contributed by atoms with Gasteiger partial charge in [-0.1, -0.05) is 54.6 Å². The molecule has 11 nitrogen and oxygen atoms in total. The number of benzene rings is 3. The minimum atomic E-state index is -0.977. The highest BCUT2D eigenvalue weighted by Crippen LogP contribution is 2.38. The van der Waals surface area contributed by atoms with Crippen molar-refractivity contribution >= 4 is 23.7 Å². The lowest BCUT2D eigenvalue weighted by atomic mass is 9.82. The smallest absolute Gasteiger partial charge is 0.303 e. The molecule has 2 heterocycles. The van der Waals surface area contributed by atoms with Crippen molar-refractivity contribution in [2.24, 2.45) is 0 Å². The average Bonchev–Trinajstić information content (AvgIpc) is 3.56. The fourth-order valence-corrected chi connectivity index (χ4v) is 6.11. The van der Waals surface area contributed by atoms with Crippen LogP contribution in [0, 0.1) is 6.92 Å². The lowest BCUT2D eigenvalue weighted by Crippen LogP contribution is -2.67. The van der Waals surface area contributed by atoms with E-state index in [1.165, 1.54) is 6.92 Å². The van der Waals surface area contributed by atoms with Crippen molar-refractivity contribution in [3.63, 3.8) is 0 Å². The number of carbonyl (C=O) groups excluding carboxylic acids is 4. The standard InChI is InChI=1S/C35H41N5O6/c1-23-9-7-8-12-29(23)35(46-24(2)41)20-40(21-35)34(44)31(17-25-13-15-28(45-3)16-14-25)39-33(43)30(18-27-19-36-22-37-27)38-32(42)26-10-5-4-6-11-26/h4-16,27,30-31,36-37H,17-22H2,1-3H3,(H,38,42)(H,39,43)/t27?,30-,31-/m0/s1. The molecule has 0 aromatic heterocycles. The third kappa shape index (κ3) is 7.72. The molecular weight excluding hydrogens is 586 g/mol. The van der Waals surface area contributed by atoms with Gasteiger partial charge in [0.15, 0.2) is 5.60 Å². The number of likely N-dealkylation sites (tertiary alicyclic amines) is 1. The maximum Gasteiger partial charge on any atom is 0.303 e. The van der Waals surface area contributed by atoms with Crippen LogP contribution in [0.5, 0.6) is 5.75 Å². The zero-order valence-electron chi connectivity index (χ0n) is 26.4. The van der Waals surface area contributed by atoms with Crippen molar-refractivity contribution in [1.29, 1.82) is 0 Å². The van der Waals surface area contributed by atoms with E-state index >= 15 is 0 Å². The third-order valence-corrected chi connectivity index (χ3v) is 8.48. The van der Waals surface area contributed by atoms with Gasteiger partial charge in [-0.15, -0.1) is 0 Å². The summed E-state index contributed by atoms with van der Waals surface area (Å²) in [6.07, 6.45) is 0.534. The van der Waals surface area contributed by atoms with E-state index in [0.717, 1.165) is 16.7 Å². The monoisotopic (exact) mass is 627 g/mol. The Kier molecular flexibility index (Phi) is 10.3. The third-order valence-electron chi connectivity index (χ3n) is 8.48. The normalized spacial score (nSPS) is 18.1. The largest absolute Gasteiger partial charge is 0.497 e. The molecule has 0 spiro atoms. The molecule has 1 unspecified atom stereocenters. The predicted molar refractivity (Wildman–Crippen MR) is 172 cm³/mol. The average molecular weight is 628 g/mol. The van der Waals surface area contributed by atoms with E-state index in [-0.39, 0.29) is 37.4 Å². The first-order valence-electron chi connectivity index (χ1n) is 15.5. The number of hydrogen-bond donors (Lipinski definition) is 4. The van der Waals surface area contributed by atoms with E-state index in [1.54, 1.807) is 48.4 Å². The Hall–Kier alpha value is -4.74. The first-order chi connectivity index (χ1) is 22.2. The van der Waals surface area contributed by atoms with Crippen LogP contribution < -0.4 is 26.0 Å². The summed E-state index contributed by atoms with van der Waals surface area (Å²) in [5.41, 5.74) is 2.06. The number of esters is 1. The molecule has 3 aromatic rings. The molecule has 46 heavy (non-hydrogen) atoms. The molecule has 0 saturated carbocycles. The van der Waals surface area contributed by atoms with E-state index in [0.29, 0.717) is 30.9 Å². The summed E-state index contributed by atoms with van der Waals surface area (Å²) in [5, 5.41) is 12.3. The Morgan fingerprint density at radius 1 is 0.935 bits per heavy atom. The summed E-state index contributed by atoms with van der Waals surface area (Å²) in [7, 11) is 1.58. The van der Waals surface area contributed by atoms with E-state index in [1.807, 2.05) is 49.4 Å². The Labute approximate surface area is 269 Å². The molecule has 3 aromatic carbocycles. The van der Waals surface area contributed by atoms with Gasteiger partial charge in [-0.25, -0.2) is 0 Å². The molecule has 242 valence electrons. The molecule has 2 saturated heterocycles. The fraction of sp³-hybridized carbons (Fsp3) is 0.371. The van der Waals surface area contributed by atoms with Gasteiger partial charge in [0.05, 0.1) is 20.2 Å². The molecule has 4 N–H and O–H groups in total. The van der Waals surface area contributed by atoms with Gasteiger partial charge in [0.1, 0.15) is 17.8 Å². The highest BCUT2D eigenvalue weighted by atomic mass is 16.6. The zero-order valence-corrected chi connectivity index (χ0v) is 26.4. The van der Waals surface area contributed by atoms with Crippen molar-refractivity contribution in [1.82, 2.24) is 26.2 Å². The van der Waals surface area contributed by atoms with Gasteiger partial charge < -0.3 is 35.6 Å². The Morgan fingerprint density at radius 3 is 2.26 bits per heavy atom. The second-order valence-electron chi connectivity index (χ2n) is 11.9. The van der Waals surface area contributed by atoms with E-state index in [2.05, 4.69) is 21.3 Å². The number of carbonyl (C=O) groups is 4. The molecule has 5 rings (SSSR count). The summed E-state index contributed by atoms with van der Waals surface area (Å²) in [6, 6.07) is 21.7. The van der Waals surface area contributed by atoms with Crippen molar-refractivity contribution in [3.8, 4) is 5.75 Å². The maximum absolute atomic E-state index is 14.1. The van der Waals surface area contributed by atoms with Gasteiger partial charge in [-0.3, -0.25) is 19.2 Å². The summed E-state index contributed by atoms with van der Waals surface area (Å²) < 4.78 is 11.1. The second kappa shape index (κ2) is 14.6. The minimum absolute atomic E-state index is 0.0450. The number of nitrogens with zero attached hydrogens (tertiary/aromatic N) is 1. The van der Waals surface area contributed by atoms with Crippen LogP contribution in [0.1, 0.15) is 40.4 Å². The van der Waals surface area contributed by atoms with Gasteiger partial charge in [-0.2, -0.15) is 0 Å². The van der Waals surface area contributed by atoms with Crippen LogP contribution in [0.2, 0.25) is 0 Å². The number of ether oxygens (including phenoxy) is 2. The predicted octanol–water partition coefficient (Wildman–Crippen LogP) is 2.04. The van der Waals surface area contributed by atoms with E-state index in [9.17, 15) is 19.2 Å². The number of nitrogens with one attached hydrogen (secondary N) is 4. The van der Waals surface area contributed by atoms with E-state index in [4.69, 9.17) is 9.47 Å². The fourth-order valence-electron chi connectivity index (χ4n) is 6.11.